The van der Waals surface area contributed by atoms with Crippen molar-refractivity contribution in [3.05, 3.63) is 277 Å². The van der Waals surface area contributed by atoms with E-state index in [2.05, 4.69) is 240 Å². The molecular formula is C67H42N2O2. The molecule has 11 aromatic carbocycles. The zero-order chi connectivity index (χ0) is 46.6. The van der Waals surface area contributed by atoms with E-state index in [0.29, 0.717) is 0 Å². The molecule has 1 aliphatic heterocycles. The lowest BCUT2D eigenvalue weighted by molar-refractivity contribution is 0.476. The van der Waals surface area contributed by atoms with E-state index in [-0.39, 0.29) is 0 Å². The number of ether oxygens (including phenoxy) is 1. The molecule has 0 spiro atoms. The van der Waals surface area contributed by atoms with Crippen molar-refractivity contribution in [2.24, 2.45) is 0 Å². The molecule has 0 N–H and O–H groups in total. The highest BCUT2D eigenvalue weighted by Crippen LogP contribution is 2.60. The Hall–Kier alpha value is -9.38. The molecule has 13 aromatic rings. The van der Waals surface area contributed by atoms with Crippen LogP contribution in [0.5, 0.6) is 11.5 Å². The van der Waals surface area contributed by atoms with Gasteiger partial charge in [-0.05, 0) is 123 Å². The van der Waals surface area contributed by atoms with E-state index in [0.717, 1.165) is 89.5 Å². The van der Waals surface area contributed by atoms with Gasteiger partial charge in [-0.3, -0.25) is 0 Å². The van der Waals surface area contributed by atoms with Crippen molar-refractivity contribution in [1.29, 1.82) is 0 Å². The number of nitrogens with zero attached hydrogens (tertiary/aromatic N) is 2. The Kier molecular flexibility index (Phi) is 8.54. The van der Waals surface area contributed by atoms with Gasteiger partial charge in [0.2, 0.25) is 0 Å². The smallest absolute Gasteiger partial charge is 0.152 e. The molecule has 0 radical (unpaired) electrons. The minimum Gasteiger partial charge on any atom is -0.456 e. The van der Waals surface area contributed by atoms with Gasteiger partial charge in [0.1, 0.15) is 11.2 Å². The van der Waals surface area contributed by atoms with Crippen LogP contribution in [0.15, 0.2) is 259 Å². The van der Waals surface area contributed by atoms with Crippen molar-refractivity contribution in [1.82, 2.24) is 4.57 Å². The number of benzene rings is 11. The van der Waals surface area contributed by atoms with E-state index in [9.17, 15) is 0 Å². The van der Waals surface area contributed by atoms with Gasteiger partial charge in [0.15, 0.2) is 11.5 Å². The number of rotatable bonds is 7. The van der Waals surface area contributed by atoms with E-state index in [1.165, 1.54) is 44.2 Å². The first-order valence-electron chi connectivity index (χ1n) is 24.3. The number of aromatic nitrogens is 1. The van der Waals surface area contributed by atoms with Crippen LogP contribution in [0, 0.1) is 0 Å². The molecule has 0 saturated carbocycles. The lowest BCUT2D eigenvalue weighted by atomic mass is 9.68. The van der Waals surface area contributed by atoms with E-state index in [4.69, 9.17) is 9.15 Å². The summed E-state index contributed by atoms with van der Waals surface area (Å²) in [7, 11) is 0. The van der Waals surface area contributed by atoms with Crippen LogP contribution in [0.25, 0.3) is 82.8 Å². The fourth-order valence-electron chi connectivity index (χ4n) is 12.1. The van der Waals surface area contributed by atoms with Crippen LogP contribution in [0.4, 0.5) is 17.1 Å². The molecule has 0 bridgehead atoms. The standard InChI is InChI=1S/C67H42N2O2/c1-3-18-46(19-4-1)67(47-20-5-2-6-21-47)55-27-9-7-23-52(55)65-56(67)28-16-30-59(65)68(48-38-35-43(36-39-48)50-25-14-33-62-64(50)53-24-8-11-31-60(53)70-62)49-22-13-17-44(41-49)45-37-40-57-54(42-45)51-26-15-34-63-66(51)69(57)58-29-10-12-32-61(58)71-63/h1-42H. The number of furan rings is 1. The van der Waals surface area contributed by atoms with Gasteiger partial charge in [0.25, 0.3) is 0 Å². The van der Waals surface area contributed by atoms with Crippen LogP contribution in [-0.2, 0) is 5.41 Å². The molecule has 2 aliphatic rings. The summed E-state index contributed by atoms with van der Waals surface area (Å²) in [6.45, 7) is 0. The van der Waals surface area contributed by atoms with Gasteiger partial charge in [-0.15, -0.1) is 0 Å². The van der Waals surface area contributed by atoms with Crippen LogP contribution in [0.3, 0.4) is 0 Å². The van der Waals surface area contributed by atoms with E-state index >= 15 is 0 Å². The summed E-state index contributed by atoms with van der Waals surface area (Å²) in [5.41, 5.74) is 19.8. The molecule has 71 heavy (non-hydrogen) atoms. The van der Waals surface area contributed by atoms with E-state index < -0.39 is 5.41 Å². The van der Waals surface area contributed by atoms with Crippen molar-refractivity contribution >= 4 is 60.8 Å². The fourth-order valence-corrected chi connectivity index (χ4v) is 12.1. The maximum Gasteiger partial charge on any atom is 0.152 e. The maximum absolute atomic E-state index is 6.47. The van der Waals surface area contributed by atoms with Crippen LogP contribution in [0.2, 0.25) is 0 Å². The van der Waals surface area contributed by atoms with Gasteiger partial charge < -0.3 is 18.6 Å². The van der Waals surface area contributed by atoms with Gasteiger partial charge >= 0.3 is 0 Å². The van der Waals surface area contributed by atoms with Crippen LogP contribution >= 0.6 is 0 Å². The summed E-state index contributed by atoms with van der Waals surface area (Å²) < 4.78 is 15.2. The number of hydrogen-bond donors (Lipinski definition) is 0. The van der Waals surface area contributed by atoms with Gasteiger partial charge in [0, 0.05) is 38.5 Å². The highest BCUT2D eigenvalue weighted by Gasteiger charge is 2.47. The third-order valence-electron chi connectivity index (χ3n) is 15.1. The molecule has 15 rings (SSSR count). The Morgan fingerprint density at radius 3 is 1.89 bits per heavy atom. The summed E-state index contributed by atoms with van der Waals surface area (Å²) in [6, 6.07) is 92.5. The molecule has 332 valence electrons. The predicted molar refractivity (Wildman–Crippen MR) is 291 cm³/mol. The minimum atomic E-state index is -0.546. The molecule has 4 nitrogen and oxygen atoms in total. The Morgan fingerprint density at radius 1 is 0.394 bits per heavy atom. The molecule has 4 heteroatoms. The maximum atomic E-state index is 6.47. The summed E-state index contributed by atoms with van der Waals surface area (Å²) in [5, 5.41) is 4.61. The van der Waals surface area contributed by atoms with E-state index in [1.54, 1.807) is 0 Å². The minimum absolute atomic E-state index is 0.546. The summed E-state index contributed by atoms with van der Waals surface area (Å²) in [5.74, 6) is 1.74. The van der Waals surface area contributed by atoms with Crippen LogP contribution < -0.4 is 9.64 Å². The van der Waals surface area contributed by atoms with Gasteiger partial charge in [-0.2, -0.15) is 0 Å². The Balaban J connectivity index is 0.945. The molecule has 0 unspecified atom stereocenters. The molecule has 0 amide bonds. The largest absolute Gasteiger partial charge is 0.456 e. The van der Waals surface area contributed by atoms with Crippen LogP contribution in [-0.4, -0.2) is 4.57 Å². The SMILES string of the molecule is c1ccc(C2(c3ccccc3)c3ccccc3-c3c(N(c4ccc(-c5cccc6oc7ccccc7c56)cc4)c4cccc(-c5ccc6c(c5)c5cccc7c5n6-c5ccccc5O7)c4)cccc32)cc1. The zero-order valence-electron chi connectivity index (χ0n) is 38.5. The molecule has 0 saturated heterocycles. The van der Waals surface area contributed by atoms with Crippen molar-refractivity contribution < 1.29 is 9.15 Å². The number of anilines is 3. The molecule has 1 aliphatic carbocycles. The third-order valence-corrected chi connectivity index (χ3v) is 15.1. The third kappa shape index (κ3) is 5.73. The Bertz CT molecular complexity index is 4220. The van der Waals surface area contributed by atoms with Crippen molar-refractivity contribution in [3.8, 4) is 50.6 Å². The molecule has 2 aromatic heterocycles. The fraction of sp³-hybridized carbons (Fsp3) is 0.0149. The quantitative estimate of drug-likeness (QED) is 0.160. The van der Waals surface area contributed by atoms with Crippen LogP contribution in [0.1, 0.15) is 22.3 Å². The topological polar surface area (TPSA) is 30.5 Å². The van der Waals surface area contributed by atoms with Crippen molar-refractivity contribution in [2.45, 2.75) is 5.41 Å². The Labute approximate surface area is 410 Å². The average Bonchev–Trinajstić information content (AvgIpc) is 4.09. The van der Waals surface area contributed by atoms with Gasteiger partial charge in [-0.25, -0.2) is 0 Å². The lowest BCUT2D eigenvalue weighted by Gasteiger charge is -2.34. The first kappa shape index (κ1) is 39.6. The van der Waals surface area contributed by atoms with Gasteiger partial charge in [0.05, 0.1) is 27.8 Å². The summed E-state index contributed by atoms with van der Waals surface area (Å²) in [6.07, 6.45) is 0. The Morgan fingerprint density at radius 2 is 1.03 bits per heavy atom. The van der Waals surface area contributed by atoms with Gasteiger partial charge in [-0.1, -0.05) is 182 Å². The predicted octanol–water partition coefficient (Wildman–Crippen LogP) is 18.0. The van der Waals surface area contributed by atoms with E-state index in [1.807, 2.05) is 24.3 Å². The summed E-state index contributed by atoms with van der Waals surface area (Å²) in [4.78, 5) is 2.47. The summed E-state index contributed by atoms with van der Waals surface area (Å²) >= 11 is 0. The number of para-hydroxylation sites is 4. The number of hydrogen-bond acceptors (Lipinski definition) is 3. The molecule has 0 atom stereocenters. The normalized spacial score (nSPS) is 13.0. The number of fused-ring (bicyclic) bond motifs is 11. The first-order chi connectivity index (χ1) is 35.2. The monoisotopic (exact) mass is 906 g/mol. The molecular weight excluding hydrogens is 865 g/mol. The highest BCUT2D eigenvalue weighted by molar-refractivity contribution is 6.14. The molecule has 3 heterocycles. The van der Waals surface area contributed by atoms with Crippen molar-refractivity contribution in [3.63, 3.8) is 0 Å². The highest BCUT2D eigenvalue weighted by atomic mass is 16.5. The second-order valence-corrected chi connectivity index (χ2v) is 18.7. The first-order valence-corrected chi connectivity index (χ1v) is 24.3. The average molecular weight is 907 g/mol. The molecule has 0 fully saturated rings. The second-order valence-electron chi connectivity index (χ2n) is 18.7. The second kappa shape index (κ2) is 15.3. The lowest BCUT2D eigenvalue weighted by Crippen LogP contribution is -2.28. The van der Waals surface area contributed by atoms with Crippen molar-refractivity contribution in [2.75, 3.05) is 4.90 Å². The zero-order valence-corrected chi connectivity index (χ0v) is 38.5.